The molecule has 0 aliphatic carbocycles. The third kappa shape index (κ3) is 3.00. The summed E-state index contributed by atoms with van der Waals surface area (Å²) in [4.78, 5) is 11.0. The van der Waals surface area contributed by atoms with Crippen LogP contribution >= 0.6 is 0 Å². The van der Waals surface area contributed by atoms with Crippen LogP contribution in [0.25, 0.3) is 0 Å². The van der Waals surface area contributed by atoms with Crippen LogP contribution in [0.15, 0.2) is 29.2 Å². The fourth-order valence-electron chi connectivity index (χ4n) is 2.41. The molecule has 2 N–H and O–H groups in total. The van der Waals surface area contributed by atoms with Crippen molar-refractivity contribution in [3.05, 3.63) is 29.8 Å². The van der Waals surface area contributed by atoms with Crippen LogP contribution in [0.1, 0.15) is 24.2 Å². The van der Waals surface area contributed by atoms with Crippen LogP contribution < -0.4 is 5.32 Å². The summed E-state index contributed by atoms with van der Waals surface area (Å²) in [6, 6.07) is 5.59. The molecule has 0 saturated carbocycles. The highest BCUT2D eigenvalue weighted by atomic mass is 32.2. The van der Waals surface area contributed by atoms with Crippen LogP contribution in [0.3, 0.4) is 0 Å². The molecule has 2 atom stereocenters. The molecule has 0 radical (unpaired) electrons. The molecule has 7 heteroatoms. The first kappa shape index (κ1) is 15.0. The van der Waals surface area contributed by atoms with Gasteiger partial charge in [-0.15, -0.1) is 0 Å². The summed E-state index contributed by atoms with van der Waals surface area (Å²) >= 11 is 0. The predicted molar refractivity (Wildman–Crippen MR) is 74.2 cm³/mol. The van der Waals surface area contributed by atoms with E-state index in [9.17, 15) is 13.2 Å². The molecular weight excluding hydrogens is 280 g/mol. The van der Waals surface area contributed by atoms with Crippen molar-refractivity contribution in [1.29, 1.82) is 0 Å². The van der Waals surface area contributed by atoms with Gasteiger partial charge in [0.25, 0.3) is 0 Å². The molecule has 2 rings (SSSR count). The minimum atomic E-state index is -3.65. The number of nitrogens with one attached hydrogen (secondary N) is 1. The average Bonchev–Trinajstić information content (AvgIpc) is 2.37. The number of sulfonamides is 1. The van der Waals surface area contributed by atoms with Gasteiger partial charge in [0.1, 0.15) is 0 Å². The van der Waals surface area contributed by atoms with Gasteiger partial charge in [0, 0.05) is 25.2 Å². The summed E-state index contributed by atoms with van der Waals surface area (Å²) in [5, 5.41) is 12.2. The quantitative estimate of drug-likeness (QED) is 0.860. The zero-order valence-corrected chi connectivity index (χ0v) is 12.2. The Kier molecular flexibility index (Phi) is 4.12. The Morgan fingerprint density at radius 2 is 1.90 bits per heavy atom. The van der Waals surface area contributed by atoms with E-state index in [2.05, 4.69) is 5.32 Å². The highest BCUT2D eigenvalue weighted by Gasteiger charge is 2.31. The van der Waals surface area contributed by atoms with Crippen molar-refractivity contribution in [3.8, 4) is 0 Å². The van der Waals surface area contributed by atoms with E-state index in [0.29, 0.717) is 13.1 Å². The maximum absolute atomic E-state index is 12.6. The fraction of sp³-hybridized carbons (Fsp3) is 0.462. The number of aromatic carboxylic acids is 1. The number of rotatable bonds is 3. The number of hydrogen-bond donors (Lipinski definition) is 2. The first-order chi connectivity index (χ1) is 9.30. The Morgan fingerprint density at radius 1 is 1.30 bits per heavy atom. The Balaban J connectivity index is 2.34. The third-order valence-electron chi connectivity index (χ3n) is 3.24. The van der Waals surface area contributed by atoms with Gasteiger partial charge in [-0.05, 0) is 32.0 Å². The lowest BCUT2D eigenvalue weighted by atomic mass is 10.2. The zero-order valence-electron chi connectivity index (χ0n) is 11.4. The number of carboxylic acid groups (broad SMARTS) is 1. The van der Waals surface area contributed by atoms with E-state index in [1.54, 1.807) is 0 Å². The van der Waals surface area contributed by atoms with Crippen LogP contribution in [-0.4, -0.2) is 49.0 Å². The van der Waals surface area contributed by atoms with Crippen molar-refractivity contribution in [2.24, 2.45) is 0 Å². The fourth-order valence-corrected chi connectivity index (χ4v) is 4.08. The van der Waals surface area contributed by atoms with Gasteiger partial charge < -0.3 is 10.4 Å². The molecule has 0 spiro atoms. The maximum Gasteiger partial charge on any atom is 0.335 e. The number of nitrogens with zero attached hydrogens (tertiary/aromatic N) is 1. The van der Waals surface area contributed by atoms with E-state index < -0.39 is 16.0 Å². The van der Waals surface area contributed by atoms with Crippen molar-refractivity contribution >= 4 is 16.0 Å². The van der Waals surface area contributed by atoms with E-state index >= 15 is 0 Å². The number of hydrogen-bond acceptors (Lipinski definition) is 4. The van der Waals surface area contributed by atoms with Crippen molar-refractivity contribution in [2.75, 3.05) is 13.1 Å². The second kappa shape index (κ2) is 5.51. The second-order valence-corrected chi connectivity index (χ2v) is 7.06. The summed E-state index contributed by atoms with van der Waals surface area (Å²) in [6.45, 7) is 4.60. The maximum atomic E-state index is 12.6. The molecule has 6 nitrogen and oxygen atoms in total. The summed E-state index contributed by atoms with van der Waals surface area (Å²) in [7, 11) is -3.65. The largest absolute Gasteiger partial charge is 0.478 e. The second-order valence-electron chi connectivity index (χ2n) is 5.12. The summed E-state index contributed by atoms with van der Waals surface area (Å²) < 4.78 is 26.5. The highest BCUT2D eigenvalue weighted by molar-refractivity contribution is 7.89. The SMILES string of the molecule is C[C@@H]1CN(S(=O)(=O)c2cccc(C(=O)O)c2)C[C@H](C)N1. The Bertz CT molecular complexity index is 605. The summed E-state index contributed by atoms with van der Waals surface area (Å²) in [6.07, 6.45) is 0. The molecule has 1 fully saturated rings. The molecule has 1 aromatic rings. The van der Waals surface area contributed by atoms with Gasteiger partial charge in [-0.1, -0.05) is 6.07 Å². The lowest BCUT2D eigenvalue weighted by Crippen LogP contribution is -2.55. The van der Waals surface area contributed by atoms with Crippen molar-refractivity contribution in [1.82, 2.24) is 9.62 Å². The van der Waals surface area contributed by atoms with E-state index in [1.165, 1.54) is 28.6 Å². The van der Waals surface area contributed by atoms with Gasteiger partial charge in [0.2, 0.25) is 10.0 Å². The highest BCUT2D eigenvalue weighted by Crippen LogP contribution is 2.19. The minimum Gasteiger partial charge on any atom is -0.478 e. The van der Waals surface area contributed by atoms with Crippen LogP contribution in [0, 0.1) is 0 Å². The molecule has 0 aromatic heterocycles. The molecule has 1 saturated heterocycles. The molecule has 1 aliphatic heterocycles. The van der Waals surface area contributed by atoms with Crippen molar-refractivity contribution in [3.63, 3.8) is 0 Å². The lowest BCUT2D eigenvalue weighted by Gasteiger charge is -2.35. The van der Waals surface area contributed by atoms with Crippen LogP contribution in [0.5, 0.6) is 0 Å². The Hall–Kier alpha value is -1.44. The number of benzene rings is 1. The Morgan fingerprint density at radius 3 is 2.45 bits per heavy atom. The average molecular weight is 298 g/mol. The molecule has 110 valence electrons. The van der Waals surface area contributed by atoms with Gasteiger partial charge >= 0.3 is 5.97 Å². The zero-order chi connectivity index (χ0) is 14.9. The topological polar surface area (TPSA) is 86.7 Å². The predicted octanol–water partition coefficient (Wildman–Crippen LogP) is 0.756. The molecular formula is C13H18N2O4S. The lowest BCUT2D eigenvalue weighted by molar-refractivity contribution is 0.0696. The minimum absolute atomic E-state index is 0.0256. The first-order valence-electron chi connectivity index (χ1n) is 6.40. The number of piperazine rings is 1. The first-order valence-corrected chi connectivity index (χ1v) is 7.84. The standard InChI is InChI=1S/C13H18N2O4S/c1-9-7-15(8-10(2)14-9)20(18,19)12-5-3-4-11(6-12)13(16)17/h3-6,9-10,14H,7-8H2,1-2H3,(H,16,17)/t9-,10+. The van der Waals surface area contributed by atoms with Crippen molar-refractivity contribution < 1.29 is 18.3 Å². The summed E-state index contributed by atoms with van der Waals surface area (Å²) in [5.74, 6) is -1.14. The molecule has 20 heavy (non-hydrogen) atoms. The van der Waals surface area contributed by atoms with Gasteiger partial charge in [-0.3, -0.25) is 0 Å². The molecule has 1 aliphatic rings. The van der Waals surface area contributed by atoms with E-state index in [1.807, 2.05) is 13.8 Å². The summed E-state index contributed by atoms with van der Waals surface area (Å²) in [5.41, 5.74) is -0.0256. The van der Waals surface area contributed by atoms with E-state index in [4.69, 9.17) is 5.11 Å². The van der Waals surface area contributed by atoms with Gasteiger partial charge in [-0.2, -0.15) is 4.31 Å². The van der Waals surface area contributed by atoms with Crippen LogP contribution in [0.4, 0.5) is 0 Å². The van der Waals surface area contributed by atoms with E-state index in [-0.39, 0.29) is 22.5 Å². The normalized spacial score (nSPS) is 24.5. The molecule has 1 heterocycles. The third-order valence-corrected chi connectivity index (χ3v) is 5.07. The van der Waals surface area contributed by atoms with Crippen LogP contribution in [0.2, 0.25) is 0 Å². The molecule has 0 unspecified atom stereocenters. The number of carbonyl (C=O) groups is 1. The monoisotopic (exact) mass is 298 g/mol. The number of carboxylic acids is 1. The Labute approximate surface area is 118 Å². The van der Waals surface area contributed by atoms with Gasteiger partial charge in [0.05, 0.1) is 10.5 Å². The van der Waals surface area contributed by atoms with Gasteiger partial charge in [0.15, 0.2) is 0 Å². The van der Waals surface area contributed by atoms with E-state index in [0.717, 1.165) is 0 Å². The molecule has 0 bridgehead atoms. The molecule has 1 aromatic carbocycles. The van der Waals surface area contributed by atoms with Crippen LogP contribution in [-0.2, 0) is 10.0 Å². The van der Waals surface area contributed by atoms with Gasteiger partial charge in [-0.25, -0.2) is 13.2 Å². The van der Waals surface area contributed by atoms with Crippen molar-refractivity contribution in [2.45, 2.75) is 30.8 Å². The smallest absolute Gasteiger partial charge is 0.335 e. The molecule has 0 amide bonds.